The maximum absolute atomic E-state index is 14.2. The number of hydrogen-bond donors (Lipinski definition) is 4. The number of aliphatic hydroxyl groups excluding tert-OH is 1. The fourth-order valence-electron chi connectivity index (χ4n) is 11.2. The lowest BCUT2D eigenvalue weighted by Gasteiger charge is -2.63. The predicted octanol–water partition coefficient (Wildman–Crippen LogP) is 6.69. The number of aliphatic hydroxyl groups is 1. The van der Waals surface area contributed by atoms with Gasteiger partial charge in [0.15, 0.2) is 0 Å². The molecule has 2 aliphatic heterocycles. The first-order valence-electron chi connectivity index (χ1n) is 24.9. The van der Waals surface area contributed by atoms with E-state index in [1.807, 2.05) is 76.5 Å². The van der Waals surface area contributed by atoms with Crippen LogP contribution in [0.3, 0.4) is 0 Å². The summed E-state index contributed by atoms with van der Waals surface area (Å²) in [5, 5.41) is 29.5. The van der Waals surface area contributed by atoms with Gasteiger partial charge < -0.3 is 40.3 Å². The zero-order chi connectivity index (χ0) is 51.9. The summed E-state index contributed by atoms with van der Waals surface area (Å²) < 4.78 is 12.4. The second kappa shape index (κ2) is 21.1. The van der Waals surface area contributed by atoms with Crippen molar-refractivity contribution in [2.24, 2.45) is 16.2 Å². The molecule has 2 aromatic heterocycles. The highest BCUT2D eigenvalue weighted by atomic mass is 35.5. The highest BCUT2D eigenvalue weighted by molar-refractivity contribution is 7.13. The molecule has 4 amide bonds. The molecule has 18 heteroatoms. The van der Waals surface area contributed by atoms with Crippen LogP contribution < -0.4 is 25.6 Å². The SMILES string of the molecule is Cc1ncsc1-c1ccc([C@@H](C)NC(=O)[C@@H]2C[C@@H](O)CN2C(=O)[C@@H](NC(=O)COC2CC(N3CCN(c4ccc(C(=O)NC5C(C)(C)C(Oc6ccc(C#N)c(Cl)c6)C5(C)C)cn4)CC3)C2)C(C)(C)C)cc1. The molecule has 72 heavy (non-hydrogen) atoms. The third kappa shape index (κ3) is 11.1. The van der Waals surface area contributed by atoms with Crippen molar-refractivity contribution in [3.63, 3.8) is 0 Å². The number of thiazole rings is 1. The van der Waals surface area contributed by atoms with Crippen molar-refractivity contribution in [1.29, 1.82) is 5.26 Å². The average molecular weight is 1020 g/mol. The molecule has 0 spiro atoms. The van der Waals surface area contributed by atoms with Crippen LogP contribution >= 0.6 is 22.9 Å². The summed E-state index contributed by atoms with van der Waals surface area (Å²) in [6, 6.07) is 16.8. The normalized spacial score (nSPS) is 24.5. The van der Waals surface area contributed by atoms with Crippen LogP contribution in [-0.2, 0) is 19.1 Å². The van der Waals surface area contributed by atoms with E-state index >= 15 is 0 Å². The number of nitrogens with zero attached hydrogens (tertiary/aromatic N) is 6. The number of anilines is 1. The number of ether oxygens (including phenoxy) is 2. The molecular weight excluding hydrogens is 954 g/mol. The predicted molar refractivity (Wildman–Crippen MR) is 277 cm³/mol. The van der Waals surface area contributed by atoms with Crippen molar-refractivity contribution in [3.05, 3.63) is 93.7 Å². The van der Waals surface area contributed by atoms with Gasteiger partial charge in [0.05, 0.1) is 50.5 Å². The minimum Gasteiger partial charge on any atom is -0.489 e. The minimum absolute atomic E-state index is 0.0103. The van der Waals surface area contributed by atoms with Gasteiger partial charge in [-0.15, -0.1) is 11.3 Å². The number of hydrogen-bond acceptors (Lipinski definition) is 13. The molecule has 4 aliphatic rings. The van der Waals surface area contributed by atoms with E-state index in [0.717, 1.165) is 66.5 Å². The van der Waals surface area contributed by atoms with Crippen LogP contribution in [-0.4, -0.2) is 130 Å². The number of rotatable bonds is 15. The molecule has 4 N–H and O–H groups in total. The Morgan fingerprint density at radius 2 is 1.65 bits per heavy atom. The summed E-state index contributed by atoms with van der Waals surface area (Å²) in [6.07, 6.45) is 2.14. The van der Waals surface area contributed by atoms with Crippen molar-refractivity contribution in [2.75, 3.05) is 44.2 Å². The van der Waals surface area contributed by atoms with Gasteiger partial charge in [0.1, 0.15) is 42.4 Å². The van der Waals surface area contributed by atoms with Crippen molar-refractivity contribution < 1.29 is 33.8 Å². The Labute approximate surface area is 431 Å². The standard InChI is InChI=1S/C54H68ClN9O7S/c1-31(33-10-12-34(13-11-33)45-32(2)58-30-72-45)59-48(68)42-24-38(65)28-64(42)49(69)46(52(3,4)5)60-44(66)29-70-40-22-37(23-40)62-18-20-63(21-19-62)43-17-15-36(27-57-43)47(67)61-50-53(6,7)51(54(50,8)9)71-39-16-14-35(26-56)41(55)25-39/h10-17,25,27,30-31,37-38,40,42,46,50-51,65H,18-24,28-29H2,1-9H3,(H,59,68)(H,60,66)(H,61,67)/t31-,37?,38-,40?,42+,46-,50?,51?/m1/s1. The Balaban J connectivity index is 0.759. The van der Waals surface area contributed by atoms with Crippen molar-refractivity contribution in [3.8, 4) is 22.3 Å². The van der Waals surface area contributed by atoms with Gasteiger partial charge in [0.25, 0.3) is 5.91 Å². The number of amides is 4. The first-order valence-corrected chi connectivity index (χ1v) is 26.1. The van der Waals surface area contributed by atoms with E-state index in [1.165, 1.54) is 4.90 Å². The largest absolute Gasteiger partial charge is 0.489 e. The zero-order valence-corrected chi connectivity index (χ0v) is 44.3. The van der Waals surface area contributed by atoms with Gasteiger partial charge in [0, 0.05) is 74.3 Å². The van der Waals surface area contributed by atoms with Crippen LogP contribution in [0.1, 0.15) is 108 Å². The molecule has 0 radical (unpaired) electrons. The zero-order valence-electron chi connectivity index (χ0n) is 42.7. The lowest BCUT2D eigenvalue weighted by atomic mass is 9.49. The van der Waals surface area contributed by atoms with Crippen molar-refractivity contribution in [1.82, 2.24) is 35.7 Å². The quantitative estimate of drug-likeness (QED) is 0.0985. The molecule has 2 saturated carbocycles. The van der Waals surface area contributed by atoms with E-state index in [2.05, 4.69) is 69.5 Å². The van der Waals surface area contributed by atoms with Crippen LogP contribution in [0.25, 0.3) is 10.4 Å². The van der Waals surface area contributed by atoms with Crippen LogP contribution in [0.4, 0.5) is 5.82 Å². The third-order valence-electron chi connectivity index (χ3n) is 15.2. The van der Waals surface area contributed by atoms with E-state index in [-0.39, 0.29) is 55.7 Å². The third-order valence-corrected chi connectivity index (χ3v) is 16.5. The number of piperazine rings is 1. The number of likely N-dealkylation sites (tertiary alicyclic amines) is 1. The van der Waals surface area contributed by atoms with E-state index in [4.69, 9.17) is 21.1 Å². The monoisotopic (exact) mass is 1020 g/mol. The van der Waals surface area contributed by atoms with Crippen LogP contribution in [0.15, 0.2) is 66.3 Å². The number of aryl methyl sites for hydroxylation is 1. The van der Waals surface area contributed by atoms with Gasteiger partial charge in [0.2, 0.25) is 17.7 Å². The van der Waals surface area contributed by atoms with Gasteiger partial charge >= 0.3 is 0 Å². The van der Waals surface area contributed by atoms with Gasteiger partial charge in [-0.05, 0) is 67.5 Å². The molecule has 4 fully saturated rings. The minimum atomic E-state index is -0.952. The molecular formula is C54H68ClN9O7S. The molecule has 0 bridgehead atoms. The summed E-state index contributed by atoms with van der Waals surface area (Å²) in [7, 11) is 0. The maximum Gasteiger partial charge on any atom is 0.253 e. The first-order chi connectivity index (χ1) is 34.0. The fraction of sp³-hybridized carbons (Fsp3) is 0.537. The molecule has 4 aromatic rings. The number of nitriles is 1. The van der Waals surface area contributed by atoms with E-state index in [0.29, 0.717) is 27.9 Å². The van der Waals surface area contributed by atoms with Gasteiger partial charge in [-0.2, -0.15) is 5.26 Å². The summed E-state index contributed by atoms with van der Waals surface area (Å²) in [6.45, 7) is 20.8. The molecule has 16 nitrogen and oxygen atoms in total. The molecule has 2 aromatic carbocycles. The number of nitrogens with one attached hydrogen (secondary N) is 3. The molecule has 8 rings (SSSR count). The summed E-state index contributed by atoms with van der Waals surface area (Å²) in [5.74, 6) is -0.00283. The molecule has 2 saturated heterocycles. The molecule has 4 atom stereocenters. The molecule has 384 valence electrons. The Bertz CT molecular complexity index is 2650. The number of carbonyl (C=O) groups is 4. The number of pyridine rings is 1. The Kier molecular flexibility index (Phi) is 15.4. The van der Waals surface area contributed by atoms with E-state index < -0.39 is 46.2 Å². The number of halogens is 1. The Hall–Kier alpha value is -5.64. The second-order valence-corrected chi connectivity index (χ2v) is 23.4. The van der Waals surface area contributed by atoms with Crippen molar-refractivity contribution >= 4 is 52.4 Å². The summed E-state index contributed by atoms with van der Waals surface area (Å²) in [4.78, 5) is 71.0. The topological polar surface area (TPSA) is 202 Å². The fourth-order valence-corrected chi connectivity index (χ4v) is 12.2. The highest BCUT2D eigenvalue weighted by Gasteiger charge is 2.64. The first kappa shape index (κ1) is 52.7. The lowest BCUT2D eigenvalue weighted by Crippen LogP contribution is -2.74. The smallest absolute Gasteiger partial charge is 0.253 e. The lowest BCUT2D eigenvalue weighted by molar-refractivity contribution is -0.164. The summed E-state index contributed by atoms with van der Waals surface area (Å²) in [5.41, 5.74) is 4.13. The molecule has 4 heterocycles. The van der Waals surface area contributed by atoms with Crippen LogP contribution in [0.2, 0.25) is 5.02 Å². The van der Waals surface area contributed by atoms with Crippen molar-refractivity contribution in [2.45, 2.75) is 130 Å². The number of aromatic nitrogens is 2. The Morgan fingerprint density at radius 3 is 2.25 bits per heavy atom. The van der Waals surface area contributed by atoms with E-state index in [9.17, 15) is 29.5 Å². The van der Waals surface area contributed by atoms with Gasteiger partial charge in [-0.3, -0.25) is 24.1 Å². The highest BCUT2D eigenvalue weighted by Crippen LogP contribution is 2.55. The van der Waals surface area contributed by atoms with Gasteiger partial charge in [-0.25, -0.2) is 9.97 Å². The Morgan fingerprint density at radius 1 is 0.958 bits per heavy atom. The van der Waals surface area contributed by atoms with E-state index in [1.54, 1.807) is 35.7 Å². The summed E-state index contributed by atoms with van der Waals surface area (Å²) >= 11 is 7.84. The molecule has 0 unspecified atom stereocenters. The number of benzene rings is 2. The number of β-amino-alcohol motifs (C(OH)–C–C–N with tert-alkyl or cyclic N) is 1. The average Bonchev–Trinajstić information content (AvgIpc) is 3.95. The van der Waals surface area contributed by atoms with Crippen LogP contribution in [0.5, 0.6) is 5.75 Å². The maximum atomic E-state index is 14.2. The van der Waals surface area contributed by atoms with Gasteiger partial charge in [-0.1, -0.05) is 84.3 Å². The molecule has 2 aliphatic carbocycles. The second-order valence-electron chi connectivity index (χ2n) is 22.2. The van der Waals surface area contributed by atoms with Crippen LogP contribution in [0, 0.1) is 34.5 Å². The number of carbonyl (C=O) groups excluding carboxylic acids is 4.